The summed E-state index contributed by atoms with van der Waals surface area (Å²) in [6.07, 6.45) is 2.86. The van der Waals surface area contributed by atoms with Crippen LogP contribution in [0.3, 0.4) is 0 Å². The largest absolute Gasteiger partial charge is 0.383 e. The van der Waals surface area contributed by atoms with Crippen LogP contribution in [-0.2, 0) is 4.74 Å². The summed E-state index contributed by atoms with van der Waals surface area (Å²) in [6.45, 7) is 2.86. The van der Waals surface area contributed by atoms with E-state index < -0.39 is 0 Å². The minimum atomic E-state index is 0.0949. The van der Waals surface area contributed by atoms with Gasteiger partial charge in [-0.05, 0) is 24.1 Å². The predicted molar refractivity (Wildman–Crippen MR) is 81.6 cm³/mol. The van der Waals surface area contributed by atoms with E-state index in [-0.39, 0.29) is 6.04 Å². The van der Waals surface area contributed by atoms with Gasteiger partial charge in [-0.1, -0.05) is 43.3 Å². The van der Waals surface area contributed by atoms with Crippen molar-refractivity contribution in [3.05, 3.63) is 66.0 Å². The molecule has 0 aliphatic carbocycles. The Kier molecular flexibility index (Phi) is 5.71. The van der Waals surface area contributed by atoms with E-state index in [9.17, 15) is 0 Å². The van der Waals surface area contributed by atoms with Crippen LogP contribution in [0, 0.1) is 0 Å². The van der Waals surface area contributed by atoms with Crippen LogP contribution in [0.15, 0.2) is 54.7 Å². The van der Waals surface area contributed by atoms with E-state index in [1.165, 1.54) is 5.56 Å². The van der Waals surface area contributed by atoms with Gasteiger partial charge in [-0.25, -0.2) is 0 Å². The first-order valence-electron chi connectivity index (χ1n) is 7.06. The van der Waals surface area contributed by atoms with Crippen molar-refractivity contribution in [2.75, 3.05) is 13.7 Å². The van der Waals surface area contributed by atoms with Crippen molar-refractivity contribution in [1.29, 1.82) is 0 Å². The lowest BCUT2D eigenvalue weighted by Crippen LogP contribution is -2.36. The van der Waals surface area contributed by atoms with Crippen molar-refractivity contribution in [2.24, 2.45) is 0 Å². The van der Waals surface area contributed by atoms with E-state index in [1.54, 1.807) is 7.11 Å². The Hall–Kier alpha value is -1.71. The fourth-order valence-electron chi connectivity index (χ4n) is 2.27. The molecule has 3 heteroatoms. The summed E-state index contributed by atoms with van der Waals surface area (Å²) >= 11 is 0. The maximum absolute atomic E-state index is 5.28. The average molecular weight is 270 g/mol. The molecule has 1 aromatic heterocycles. The molecule has 0 bridgehead atoms. The number of pyridine rings is 1. The van der Waals surface area contributed by atoms with E-state index in [0.29, 0.717) is 12.6 Å². The molecule has 0 saturated heterocycles. The summed E-state index contributed by atoms with van der Waals surface area (Å²) in [5.74, 6) is 0. The molecule has 20 heavy (non-hydrogen) atoms. The lowest BCUT2D eigenvalue weighted by atomic mass is 10.0. The van der Waals surface area contributed by atoms with Gasteiger partial charge in [0.1, 0.15) is 0 Å². The number of aromatic nitrogens is 1. The number of rotatable bonds is 7. The highest BCUT2D eigenvalue weighted by atomic mass is 16.5. The van der Waals surface area contributed by atoms with Crippen LogP contribution in [-0.4, -0.2) is 24.7 Å². The molecule has 0 spiro atoms. The van der Waals surface area contributed by atoms with Crippen molar-refractivity contribution in [1.82, 2.24) is 10.3 Å². The molecular formula is C17H22N2O. The first kappa shape index (κ1) is 14.7. The Bertz CT molecular complexity index is 447. The molecule has 0 fully saturated rings. The molecular weight excluding hydrogens is 248 g/mol. The number of nitrogens with one attached hydrogen (secondary N) is 1. The van der Waals surface area contributed by atoms with Gasteiger partial charge >= 0.3 is 0 Å². The molecule has 2 unspecified atom stereocenters. The zero-order valence-corrected chi connectivity index (χ0v) is 12.1. The normalized spacial score (nSPS) is 13.9. The Morgan fingerprint density at radius 2 is 1.85 bits per heavy atom. The quantitative estimate of drug-likeness (QED) is 0.839. The van der Waals surface area contributed by atoms with E-state index >= 15 is 0 Å². The van der Waals surface area contributed by atoms with Crippen LogP contribution in [0.1, 0.15) is 30.6 Å². The highest BCUT2D eigenvalue weighted by Crippen LogP contribution is 2.21. The molecule has 2 atom stereocenters. The molecule has 0 saturated carbocycles. The summed E-state index contributed by atoms with van der Waals surface area (Å²) in [5, 5.41) is 3.65. The van der Waals surface area contributed by atoms with E-state index in [2.05, 4.69) is 47.6 Å². The Labute approximate surface area is 121 Å². The second-order valence-electron chi connectivity index (χ2n) is 4.83. The van der Waals surface area contributed by atoms with Crippen LogP contribution in [0.2, 0.25) is 0 Å². The number of ether oxygens (including phenoxy) is 1. The van der Waals surface area contributed by atoms with Gasteiger partial charge in [0, 0.05) is 19.3 Å². The van der Waals surface area contributed by atoms with Crippen LogP contribution >= 0.6 is 0 Å². The van der Waals surface area contributed by atoms with Crippen molar-refractivity contribution in [3.63, 3.8) is 0 Å². The maximum atomic E-state index is 5.28. The fourth-order valence-corrected chi connectivity index (χ4v) is 2.27. The predicted octanol–water partition coefficient (Wildman–Crippen LogP) is 3.19. The molecule has 0 aliphatic heterocycles. The van der Waals surface area contributed by atoms with Gasteiger partial charge in [0.25, 0.3) is 0 Å². The van der Waals surface area contributed by atoms with Gasteiger partial charge in [-0.2, -0.15) is 0 Å². The molecule has 106 valence electrons. The van der Waals surface area contributed by atoms with E-state index in [4.69, 9.17) is 4.74 Å². The average Bonchev–Trinajstić information content (AvgIpc) is 2.53. The van der Waals surface area contributed by atoms with Gasteiger partial charge in [0.2, 0.25) is 0 Å². The third kappa shape index (κ3) is 3.89. The minimum Gasteiger partial charge on any atom is -0.383 e. The number of nitrogens with zero attached hydrogens (tertiary/aromatic N) is 1. The topological polar surface area (TPSA) is 34.1 Å². The lowest BCUT2D eigenvalue weighted by molar-refractivity contribution is 0.160. The summed E-state index contributed by atoms with van der Waals surface area (Å²) < 4.78 is 5.28. The SMILES string of the molecule is CCC(COC)NC(c1ccccc1)c1ccccn1. The Morgan fingerprint density at radius 3 is 2.45 bits per heavy atom. The highest BCUT2D eigenvalue weighted by molar-refractivity contribution is 5.27. The van der Waals surface area contributed by atoms with Gasteiger partial charge in [0.05, 0.1) is 18.3 Å². The third-order valence-electron chi connectivity index (χ3n) is 3.38. The molecule has 2 aromatic rings. The second-order valence-corrected chi connectivity index (χ2v) is 4.83. The van der Waals surface area contributed by atoms with Crippen LogP contribution in [0.4, 0.5) is 0 Å². The molecule has 0 radical (unpaired) electrons. The van der Waals surface area contributed by atoms with Crippen molar-refractivity contribution in [3.8, 4) is 0 Å². The summed E-state index contributed by atoms with van der Waals surface area (Å²) in [6, 6.07) is 16.8. The van der Waals surface area contributed by atoms with Gasteiger partial charge < -0.3 is 4.74 Å². The Balaban J connectivity index is 2.25. The van der Waals surface area contributed by atoms with Crippen LogP contribution < -0.4 is 5.32 Å². The number of hydrogen-bond acceptors (Lipinski definition) is 3. The number of methoxy groups -OCH3 is 1. The fraction of sp³-hybridized carbons (Fsp3) is 0.353. The molecule has 0 aliphatic rings. The zero-order chi connectivity index (χ0) is 14.2. The lowest BCUT2D eigenvalue weighted by Gasteiger charge is -2.24. The van der Waals surface area contributed by atoms with Crippen molar-refractivity contribution < 1.29 is 4.74 Å². The smallest absolute Gasteiger partial charge is 0.0754 e. The monoisotopic (exact) mass is 270 g/mol. The summed E-state index contributed by atoms with van der Waals surface area (Å²) in [4.78, 5) is 4.50. The molecule has 0 amide bonds. The highest BCUT2D eigenvalue weighted by Gasteiger charge is 2.18. The number of hydrogen-bond donors (Lipinski definition) is 1. The van der Waals surface area contributed by atoms with Crippen molar-refractivity contribution in [2.45, 2.75) is 25.4 Å². The maximum Gasteiger partial charge on any atom is 0.0754 e. The first-order chi connectivity index (χ1) is 9.85. The summed E-state index contributed by atoms with van der Waals surface area (Å²) in [7, 11) is 1.74. The van der Waals surface area contributed by atoms with Gasteiger partial charge in [0.15, 0.2) is 0 Å². The number of benzene rings is 1. The van der Waals surface area contributed by atoms with Crippen molar-refractivity contribution >= 4 is 0 Å². The standard InChI is InChI=1S/C17H22N2O/c1-3-15(13-20-2)19-17(14-9-5-4-6-10-14)16-11-7-8-12-18-16/h4-12,15,17,19H,3,13H2,1-2H3. The molecule has 1 N–H and O–H groups in total. The van der Waals surface area contributed by atoms with E-state index in [1.807, 2.05) is 24.4 Å². The van der Waals surface area contributed by atoms with Crippen LogP contribution in [0.5, 0.6) is 0 Å². The first-order valence-corrected chi connectivity index (χ1v) is 7.06. The molecule has 2 rings (SSSR count). The molecule has 3 nitrogen and oxygen atoms in total. The van der Waals surface area contributed by atoms with E-state index in [0.717, 1.165) is 12.1 Å². The summed E-state index contributed by atoms with van der Waals surface area (Å²) in [5.41, 5.74) is 2.26. The molecule has 1 aromatic carbocycles. The van der Waals surface area contributed by atoms with Gasteiger partial charge in [-0.15, -0.1) is 0 Å². The van der Waals surface area contributed by atoms with Crippen LogP contribution in [0.25, 0.3) is 0 Å². The molecule has 1 heterocycles. The zero-order valence-electron chi connectivity index (χ0n) is 12.1. The van der Waals surface area contributed by atoms with Gasteiger partial charge in [-0.3, -0.25) is 10.3 Å². The third-order valence-corrected chi connectivity index (χ3v) is 3.38. The minimum absolute atomic E-state index is 0.0949. The second kappa shape index (κ2) is 7.78. The Morgan fingerprint density at radius 1 is 1.10 bits per heavy atom.